The van der Waals surface area contributed by atoms with E-state index in [0.717, 1.165) is 19.5 Å². The van der Waals surface area contributed by atoms with Crippen molar-refractivity contribution in [1.29, 1.82) is 0 Å². The molecule has 1 aliphatic carbocycles. The van der Waals surface area contributed by atoms with Gasteiger partial charge in [-0.1, -0.05) is 29.6 Å². The van der Waals surface area contributed by atoms with Crippen molar-refractivity contribution in [3.63, 3.8) is 0 Å². The highest BCUT2D eigenvalue weighted by molar-refractivity contribution is 6.35. The minimum absolute atomic E-state index is 0.0589. The van der Waals surface area contributed by atoms with Crippen molar-refractivity contribution in [1.82, 2.24) is 4.90 Å². The second kappa shape index (κ2) is 6.75. The molecule has 1 aromatic carbocycles. The Morgan fingerprint density at radius 1 is 1.32 bits per heavy atom. The number of rotatable bonds is 3. The van der Waals surface area contributed by atoms with Gasteiger partial charge in [-0.2, -0.15) is 0 Å². The van der Waals surface area contributed by atoms with Gasteiger partial charge in [0.05, 0.1) is 17.3 Å². The highest BCUT2D eigenvalue weighted by Gasteiger charge is 2.38. The molecule has 0 radical (unpaired) electrons. The Labute approximate surface area is 140 Å². The molecule has 1 heterocycles. The minimum Gasteiger partial charge on any atom is -0.327 e. The van der Waals surface area contributed by atoms with E-state index in [4.69, 9.17) is 28.9 Å². The summed E-state index contributed by atoms with van der Waals surface area (Å²) in [6.07, 6.45) is 3.55. The first kappa shape index (κ1) is 16.1. The van der Waals surface area contributed by atoms with Crippen molar-refractivity contribution in [3.05, 3.63) is 28.2 Å². The van der Waals surface area contributed by atoms with Crippen molar-refractivity contribution in [2.45, 2.75) is 25.3 Å². The molecule has 120 valence electrons. The summed E-state index contributed by atoms with van der Waals surface area (Å²) in [6, 6.07) is 5.34. The van der Waals surface area contributed by atoms with Crippen LogP contribution in [0.4, 0.5) is 5.69 Å². The largest absolute Gasteiger partial charge is 0.327 e. The van der Waals surface area contributed by atoms with Gasteiger partial charge in [-0.3, -0.25) is 9.69 Å². The summed E-state index contributed by atoms with van der Waals surface area (Å²) in [6.45, 7) is 2.26. The predicted octanol–water partition coefficient (Wildman–Crippen LogP) is 2.99. The van der Waals surface area contributed by atoms with Crippen molar-refractivity contribution in [2.75, 3.05) is 25.0 Å². The maximum Gasteiger partial charge on any atom is 0.238 e. The summed E-state index contributed by atoms with van der Waals surface area (Å²) in [4.78, 5) is 14.4. The normalized spacial score (nSPS) is 28.4. The molecule has 2 fully saturated rings. The Balaban J connectivity index is 1.57. The number of carbonyl (C=O) groups is 1. The van der Waals surface area contributed by atoms with Gasteiger partial charge < -0.3 is 11.1 Å². The maximum absolute atomic E-state index is 12.2. The van der Waals surface area contributed by atoms with E-state index in [1.807, 2.05) is 0 Å². The van der Waals surface area contributed by atoms with Gasteiger partial charge >= 0.3 is 0 Å². The molecule has 3 N–H and O–H groups in total. The summed E-state index contributed by atoms with van der Waals surface area (Å²) in [7, 11) is 0. The van der Waals surface area contributed by atoms with Crippen LogP contribution < -0.4 is 11.1 Å². The van der Waals surface area contributed by atoms with Gasteiger partial charge in [-0.25, -0.2) is 0 Å². The Kier molecular flexibility index (Phi) is 4.93. The zero-order valence-electron chi connectivity index (χ0n) is 12.4. The molecule has 3 rings (SSSR count). The van der Waals surface area contributed by atoms with E-state index < -0.39 is 0 Å². The van der Waals surface area contributed by atoms with Gasteiger partial charge in [-0.15, -0.1) is 0 Å². The van der Waals surface area contributed by atoms with E-state index in [2.05, 4.69) is 10.2 Å². The zero-order valence-corrected chi connectivity index (χ0v) is 13.9. The molecule has 2 aliphatic rings. The monoisotopic (exact) mass is 341 g/mol. The fourth-order valence-corrected chi connectivity index (χ4v) is 4.06. The number of carbonyl (C=O) groups excluding carboxylic acids is 1. The smallest absolute Gasteiger partial charge is 0.238 e. The molecule has 3 unspecified atom stereocenters. The van der Waals surface area contributed by atoms with Crippen molar-refractivity contribution >= 4 is 34.8 Å². The SMILES string of the molecule is NC1CCCC2CN(CC(=O)Nc3cc(Cl)ccc3Cl)CC12. The van der Waals surface area contributed by atoms with Crippen LogP contribution in [0.5, 0.6) is 0 Å². The molecule has 4 nitrogen and oxygen atoms in total. The Morgan fingerprint density at radius 3 is 2.91 bits per heavy atom. The fraction of sp³-hybridized carbons (Fsp3) is 0.562. The summed E-state index contributed by atoms with van der Waals surface area (Å²) in [5.74, 6) is 1.12. The van der Waals surface area contributed by atoms with Crippen LogP contribution in [0.1, 0.15) is 19.3 Å². The first-order valence-electron chi connectivity index (χ1n) is 7.76. The summed E-state index contributed by atoms with van der Waals surface area (Å²) >= 11 is 12.0. The van der Waals surface area contributed by atoms with E-state index >= 15 is 0 Å². The third-order valence-corrected chi connectivity index (χ3v) is 5.36. The molecule has 1 aromatic rings. The van der Waals surface area contributed by atoms with Crippen LogP contribution >= 0.6 is 23.2 Å². The zero-order chi connectivity index (χ0) is 15.7. The molecular weight excluding hydrogens is 321 g/mol. The van der Waals surface area contributed by atoms with Gasteiger partial charge in [0.2, 0.25) is 5.91 Å². The molecule has 6 heteroatoms. The second-order valence-electron chi connectivity index (χ2n) is 6.39. The van der Waals surface area contributed by atoms with E-state index in [1.54, 1.807) is 18.2 Å². The lowest BCUT2D eigenvalue weighted by Crippen LogP contribution is -2.38. The molecule has 0 spiro atoms. The average Bonchev–Trinajstić information content (AvgIpc) is 2.86. The number of fused-ring (bicyclic) bond motifs is 1. The number of hydrogen-bond acceptors (Lipinski definition) is 3. The van der Waals surface area contributed by atoms with Crippen LogP contribution in [0.15, 0.2) is 18.2 Å². The van der Waals surface area contributed by atoms with Crippen LogP contribution in [-0.2, 0) is 4.79 Å². The van der Waals surface area contributed by atoms with Crippen LogP contribution in [-0.4, -0.2) is 36.5 Å². The fourth-order valence-electron chi connectivity index (χ4n) is 3.72. The molecule has 0 bridgehead atoms. The number of likely N-dealkylation sites (tertiary alicyclic amines) is 1. The average molecular weight is 342 g/mol. The van der Waals surface area contributed by atoms with Gasteiger partial charge in [0.15, 0.2) is 0 Å². The quantitative estimate of drug-likeness (QED) is 0.888. The standard InChI is InChI=1S/C16H21Cl2N3O/c17-11-4-5-13(18)15(6-11)20-16(22)9-21-7-10-2-1-3-14(19)12(10)8-21/h4-6,10,12,14H,1-3,7-9,19H2,(H,20,22). The van der Waals surface area contributed by atoms with E-state index in [1.165, 1.54) is 12.8 Å². The summed E-state index contributed by atoms with van der Waals surface area (Å²) < 4.78 is 0. The first-order chi connectivity index (χ1) is 10.5. The van der Waals surface area contributed by atoms with Crippen molar-refractivity contribution < 1.29 is 4.79 Å². The third-order valence-electron chi connectivity index (χ3n) is 4.80. The van der Waals surface area contributed by atoms with E-state index in [-0.39, 0.29) is 11.9 Å². The lowest BCUT2D eigenvalue weighted by atomic mass is 9.78. The van der Waals surface area contributed by atoms with E-state index in [9.17, 15) is 4.79 Å². The van der Waals surface area contributed by atoms with Crippen LogP contribution in [0.3, 0.4) is 0 Å². The molecular formula is C16H21Cl2N3O. The molecule has 22 heavy (non-hydrogen) atoms. The van der Waals surface area contributed by atoms with Crippen molar-refractivity contribution in [2.24, 2.45) is 17.6 Å². The number of anilines is 1. The van der Waals surface area contributed by atoms with Crippen LogP contribution in [0, 0.1) is 11.8 Å². The molecule has 0 aromatic heterocycles. The summed E-state index contributed by atoms with van der Waals surface area (Å²) in [5.41, 5.74) is 6.78. The van der Waals surface area contributed by atoms with Crippen LogP contribution in [0.2, 0.25) is 10.0 Å². The number of hydrogen-bond donors (Lipinski definition) is 2. The number of nitrogens with zero attached hydrogens (tertiary/aromatic N) is 1. The molecule has 1 aliphatic heterocycles. The molecule has 1 saturated heterocycles. The second-order valence-corrected chi connectivity index (χ2v) is 7.23. The number of benzene rings is 1. The number of nitrogens with two attached hydrogens (primary N) is 1. The van der Waals surface area contributed by atoms with E-state index in [0.29, 0.717) is 34.1 Å². The molecule has 1 saturated carbocycles. The Bertz CT molecular complexity index is 566. The van der Waals surface area contributed by atoms with Gasteiger partial charge in [0, 0.05) is 24.2 Å². The van der Waals surface area contributed by atoms with Gasteiger partial charge in [0.25, 0.3) is 0 Å². The lowest BCUT2D eigenvalue weighted by Gasteiger charge is -2.29. The minimum atomic E-state index is -0.0589. The molecule has 3 atom stereocenters. The van der Waals surface area contributed by atoms with Gasteiger partial charge in [-0.05, 0) is 42.9 Å². The third kappa shape index (κ3) is 3.57. The van der Waals surface area contributed by atoms with Crippen LogP contribution in [0.25, 0.3) is 0 Å². The number of nitrogens with one attached hydrogen (secondary N) is 1. The summed E-state index contributed by atoms with van der Waals surface area (Å²) in [5, 5.41) is 3.89. The van der Waals surface area contributed by atoms with Gasteiger partial charge in [0.1, 0.15) is 0 Å². The predicted molar refractivity (Wildman–Crippen MR) is 90.3 cm³/mol. The highest BCUT2D eigenvalue weighted by Crippen LogP contribution is 2.35. The first-order valence-corrected chi connectivity index (χ1v) is 8.51. The lowest BCUT2D eigenvalue weighted by molar-refractivity contribution is -0.117. The molecule has 1 amide bonds. The topological polar surface area (TPSA) is 58.4 Å². The number of halogens is 2. The highest BCUT2D eigenvalue weighted by atomic mass is 35.5. The van der Waals surface area contributed by atoms with Crippen molar-refractivity contribution in [3.8, 4) is 0 Å². The maximum atomic E-state index is 12.2. The Morgan fingerprint density at radius 2 is 2.14 bits per heavy atom. The number of amides is 1. The Hall–Kier alpha value is -0.810.